The molecule has 0 unspecified atom stereocenters. The molecule has 4 heteroatoms. The normalized spacial score (nSPS) is 10.5. The van der Waals surface area contributed by atoms with Crippen LogP contribution in [0.4, 0.5) is 0 Å². The fourth-order valence-electron chi connectivity index (χ4n) is 0.760. The lowest BCUT2D eigenvalue weighted by atomic mass is 10.5. The van der Waals surface area contributed by atoms with Gasteiger partial charge >= 0.3 is 0 Å². The molecule has 0 aliphatic rings. The summed E-state index contributed by atoms with van der Waals surface area (Å²) in [7, 11) is 0. The molecule has 0 aliphatic heterocycles. The van der Waals surface area contributed by atoms with Gasteiger partial charge in [0.05, 0.1) is 0 Å². The molecule has 0 amide bonds. The summed E-state index contributed by atoms with van der Waals surface area (Å²) < 4.78 is 1.21. The van der Waals surface area contributed by atoms with Crippen LogP contribution >= 0.6 is 39.0 Å². The van der Waals surface area contributed by atoms with Gasteiger partial charge in [0.1, 0.15) is 0 Å². The highest BCUT2D eigenvalue weighted by Gasteiger charge is 2.00. The van der Waals surface area contributed by atoms with Crippen LogP contribution < -0.4 is 0 Å². The summed E-state index contributed by atoms with van der Waals surface area (Å²) in [6.45, 7) is 0.304. The van der Waals surface area contributed by atoms with Crippen molar-refractivity contribution in [1.82, 2.24) is 0 Å². The molecule has 1 aromatic heterocycles. The van der Waals surface area contributed by atoms with E-state index in [1.807, 2.05) is 11.8 Å². The molecule has 0 saturated heterocycles. The van der Waals surface area contributed by atoms with Gasteiger partial charge in [0.25, 0.3) is 0 Å². The fraction of sp³-hybridized carbons (Fsp3) is 0.500. The summed E-state index contributed by atoms with van der Waals surface area (Å²) in [6, 6.07) is 2.08. The highest BCUT2D eigenvalue weighted by Crippen LogP contribution is 2.26. The third kappa shape index (κ3) is 3.47. The summed E-state index contributed by atoms with van der Waals surface area (Å²) in [4.78, 5) is 1.39. The smallest absolute Gasteiger partial charge is 0.0438 e. The van der Waals surface area contributed by atoms with E-state index in [-0.39, 0.29) is 0 Å². The minimum atomic E-state index is 0.304. The number of aliphatic hydroxyl groups is 1. The van der Waals surface area contributed by atoms with Crippen molar-refractivity contribution >= 4 is 39.0 Å². The van der Waals surface area contributed by atoms with E-state index in [9.17, 15) is 0 Å². The Hall–Kier alpha value is 0.490. The zero-order valence-corrected chi connectivity index (χ0v) is 9.84. The first-order chi connectivity index (χ1) is 5.84. The predicted octanol–water partition coefficient (Wildman–Crippen LogP) is 3.13. The molecule has 1 rings (SSSR count). The second-order valence-electron chi connectivity index (χ2n) is 2.32. The highest BCUT2D eigenvalue weighted by molar-refractivity contribution is 9.10. The second kappa shape index (κ2) is 6.02. The molecular formula is C8H11BrOS2. The van der Waals surface area contributed by atoms with Gasteiger partial charge in [-0.05, 0) is 39.6 Å². The summed E-state index contributed by atoms with van der Waals surface area (Å²) in [5.41, 5.74) is 0. The van der Waals surface area contributed by atoms with Crippen molar-refractivity contribution in [3.05, 3.63) is 20.8 Å². The topological polar surface area (TPSA) is 20.2 Å². The average Bonchev–Trinajstić information content (AvgIpc) is 2.46. The van der Waals surface area contributed by atoms with Crippen molar-refractivity contribution < 1.29 is 5.11 Å². The van der Waals surface area contributed by atoms with Crippen LogP contribution in [0.5, 0.6) is 0 Å². The van der Waals surface area contributed by atoms with Crippen LogP contribution in [0.25, 0.3) is 0 Å². The lowest BCUT2D eigenvalue weighted by Gasteiger charge is -1.97. The quantitative estimate of drug-likeness (QED) is 0.827. The van der Waals surface area contributed by atoms with Gasteiger partial charge in [-0.15, -0.1) is 11.3 Å². The number of hydrogen-bond acceptors (Lipinski definition) is 3. The molecule has 68 valence electrons. The molecule has 0 spiro atoms. The van der Waals surface area contributed by atoms with Crippen molar-refractivity contribution in [3.8, 4) is 0 Å². The van der Waals surface area contributed by atoms with Crippen molar-refractivity contribution in [2.75, 3.05) is 12.4 Å². The number of hydrogen-bond donors (Lipinski definition) is 1. The Kier molecular flexibility index (Phi) is 5.30. The first-order valence-electron chi connectivity index (χ1n) is 3.75. The molecule has 0 atom stereocenters. The van der Waals surface area contributed by atoms with E-state index >= 15 is 0 Å². The highest BCUT2D eigenvalue weighted by atomic mass is 79.9. The maximum absolute atomic E-state index is 8.56. The average molecular weight is 267 g/mol. The van der Waals surface area contributed by atoms with Crippen LogP contribution in [0.2, 0.25) is 0 Å². The minimum Gasteiger partial charge on any atom is -0.396 e. The van der Waals surface area contributed by atoms with Crippen LogP contribution in [0, 0.1) is 0 Å². The van der Waals surface area contributed by atoms with Gasteiger partial charge in [0.15, 0.2) is 0 Å². The van der Waals surface area contributed by atoms with Gasteiger partial charge < -0.3 is 5.11 Å². The molecular weight excluding hydrogens is 256 g/mol. The fourth-order valence-corrected chi connectivity index (χ4v) is 3.56. The molecule has 1 heterocycles. The number of rotatable bonds is 5. The Morgan fingerprint density at radius 2 is 2.42 bits per heavy atom. The summed E-state index contributed by atoms with van der Waals surface area (Å²) in [6.07, 6.45) is 0.896. The van der Waals surface area contributed by atoms with E-state index < -0.39 is 0 Å². The first kappa shape index (κ1) is 10.6. The van der Waals surface area contributed by atoms with Gasteiger partial charge in [-0.1, -0.05) is 0 Å². The summed E-state index contributed by atoms with van der Waals surface area (Å²) in [5.74, 6) is 2.10. The number of aliphatic hydroxyl groups excluding tert-OH is 1. The van der Waals surface area contributed by atoms with Crippen molar-refractivity contribution in [3.63, 3.8) is 0 Å². The van der Waals surface area contributed by atoms with Gasteiger partial charge in [-0.25, -0.2) is 0 Å². The third-order valence-electron chi connectivity index (χ3n) is 1.37. The van der Waals surface area contributed by atoms with Gasteiger partial charge in [0, 0.05) is 21.7 Å². The predicted molar refractivity (Wildman–Crippen MR) is 59.9 cm³/mol. The third-order valence-corrected chi connectivity index (χ3v) is 4.55. The Labute approximate surface area is 89.3 Å². The van der Waals surface area contributed by atoms with E-state index in [4.69, 9.17) is 5.11 Å². The molecule has 1 aromatic rings. The second-order valence-corrected chi connectivity index (χ2v) is 5.28. The van der Waals surface area contributed by atoms with E-state index in [0.29, 0.717) is 6.61 Å². The molecule has 12 heavy (non-hydrogen) atoms. The van der Waals surface area contributed by atoms with Crippen LogP contribution in [-0.2, 0) is 5.75 Å². The van der Waals surface area contributed by atoms with Crippen molar-refractivity contribution in [2.45, 2.75) is 12.2 Å². The summed E-state index contributed by atoms with van der Waals surface area (Å²) >= 11 is 7.13. The number of thioether (sulfide) groups is 1. The van der Waals surface area contributed by atoms with Crippen molar-refractivity contribution in [1.29, 1.82) is 0 Å². The van der Waals surface area contributed by atoms with Crippen LogP contribution in [-0.4, -0.2) is 17.5 Å². The van der Waals surface area contributed by atoms with Gasteiger partial charge in [-0.2, -0.15) is 11.8 Å². The van der Waals surface area contributed by atoms with E-state index in [1.165, 1.54) is 9.35 Å². The number of thiophene rings is 1. The first-order valence-corrected chi connectivity index (χ1v) is 6.58. The summed E-state index contributed by atoms with van der Waals surface area (Å²) in [5, 5.41) is 10.6. The maximum atomic E-state index is 8.56. The zero-order valence-electron chi connectivity index (χ0n) is 6.62. The Bertz CT molecular complexity index is 225. The molecule has 0 fully saturated rings. The molecule has 0 saturated carbocycles. The molecule has 0 radical (unpaired) electrons. The SMILES string of the molecule is OCCCSCc1sccc1Br. The zero-order chi connectivity index (χ0) is 8.81. The Morgan fingerprint density at radius 3 is 3.00 bits per heavy atom. The van der Waals surface area contributed by atoms with Gasteiger partial charge in [-0.3, -0.25) is 0 Å². The molecule has 0 aliphatic carbocycles. The van der Waals surface area contributed by atoms with Crippen LogP contribution in [0.1, 0.15) is 11.3 Å². The van der Waals surface area contributed by atoms with E-state index in [1.54, 1.807) is 11.3 Å². The molecule has 0 aromatic carbocycles. The molecule has 1 nitrogen and oxygen atoms in total. The Morgan fingerprint density at radius 1 is 1.58 bits per heavy atom. The Balaban J connectivity index is 2.20. The minimum absolute atomic E-state index is 0.304. The lowest BCUT2D eigenvalue weighted by Crippen LogP contribution is -1.86. The monoisotopic (exact) mass is 266 g/mol. The molecule has 0 bridgehead atoms. The van der Waals surface area contributed by atoms with E-state index in [2.05, 4.69) is 27.4 Å². The van der Waals surface area contributed by atoms with Crippen molar-refractivity contribution in [2.24, 2.45) is 0 Å². The molecule has 1 N–H and O–H groups in total. The van der Waals surface area contributed by atoms with Crippen LogP contribution in [0.3, 0.4) is 0 Å². The lowest BCUT2D eigenvalue weighted by molar-refractivity contribution is 0.296. The van der Waals surface area contributed by atoms with Gasteiger partial charge in [0.2, 0.25) is 0 Å². The maximum Gasteiger partial charge on any atom is 0.0438 e. The van der Waals surface area contributed by atoms with Crippen LogP contribution in [0.15, 0.2) is 15.9 Å². The van der Waals surface area contributed by atoms with E-state index in [0.717, 1.165) is 17.9 Å². The standard InChI is InChI=1S/C8H11BrOS2/c9-7-2-5-12-8(7)6-11-4-1-3-10/h2,5,10H,1,3-4,6H2. The number of halogens is 1. The largest absolute Gasteiger partial charge is 0.396 e.